The fourth-order valence-corrected chi connectivity index (χ4v) is 1.89. The van der Waals surface area contributed by atoms with E-state index in [0.717, 1.165) is 0 Å². The average Bonchev–Trinajstić information content (AvgIpc) is 2.43. The molecule has 1 heterocycles. The number of halogens is 3. The van der Waals surface area contributed by atoms with E-state index in [9.17, 15) is 33.0 Å². The van der Waals surface area contributed by atoms with Gasteiger partial charge in [0.1, 0.15) is 11.7 Å². The van der Waals surface area contributed by atoms with Crippen LogP contribution in [0.15, 0.2) is 17.1 Å². The summed E-state index contributed by atoms with van der Waals surface area (Å²) in [4.78, 5) is 24.9. The van der Waals surface area contributed by atoms with Crippen molar-refractivity contribution in [1.82, 2.24) is 10.3 Å². The van der Waals surface area contributed by atoms with E-state index in [2.05, 4.69) is 5.32 Å². The van der Waals surface area contributed by atoms with Gasteiger partial charge in [-0.05, 0) is 33.3 Å². The van der Waals surface area contributed by atoms with Gasteiger partial charge in [-0.25, -0.2) is 4.79 Å². The second kappa shape index (κ2) is 7.87. The number of hydrogen-bond acceptors (Lipinski definition) is 5. The molecule has 2 unspecified atom stereocenters. The third-order valence-corrected chi connectivity index (χ3v) is 3.05. The van der Waals surface area contributed by atoms with Gasteiger partial charge in [0.25, 0.3) is 5.56 Å². The molecule has 0 aliphatic heterocycles. The van der Waals surface area contributed by atoms with Crippen molar-refractivity contribution in [3.8, 4) is 0 Å². The lowest BCUT2D eigenvalue weighted by atomic mass is 10.0. The molecular weight excluding hydrogens is 345 g/mol. The molecule has 0 aromatic carbocycles. The molecule has 25 heavy (non-hydrogen) atoms. The molecule has 142 valence electrons. The number of aliphatic hydroxyl groups is 2. The van der Waals surface area contributed by atoms with Gasteiger partial charge in [0.2, 0.25) is 0 Å². The fourth-order valence-electron chi connectivity index (χ4n) is 1.89. The van der Waals surface area contributed by atoms with Gasteiger partial charge in [0.15, 0.2) is 0 Å². The Morgan fingerprint density at radius 2 is 1.92 bits per heavy atom. The van der Waals surface area contributed by atoms with E-state index < -0.39 is 46.8 Å². The Morgan fingerprint density at radius 3 is 2.44 bits per heavy atom. The Kier molecular flexibility index (Phi) is 6.61. The zero-order valence-electron chi connectivity index (χ0n) is 14.0. The first-order chi connectivity index (χ1) is 11.3. The number of H-pyrrole nitrogens is 1. The normalized spacial score (nSPS) is 14.7. The number of hydrogen-bond donors (Lipinski definition) is 4. The molecule has 0 aliphatic rings. The van der Waals surface area contributed by atoms with Gasteiger partial charge in [0.05, 0.1) is 11.7 Å². The lowest BCUT2D eigenvalue weighted by molar-refractivity contribution is -0.138. The van der Waals surface area contributed by atoms with Gasteiger partial charge in [-0.1, -0.05) is 0 Å². The van der Waals surface area contributed by atoms with Crippen molar-refractivity contribution in [3.05, 3.63) is 33.7 Å². The summed E-state index contributed by atoms with van der Waals surface area (Å²) in [6.45, 7) is 4.87. The zero-order chi connectivity index (χ0) is 19.4. The lowest BCUT2D eigenvalue weighted by Crippen LogP contribution is -2.35. The molecule has 0 bridgehead atoms. The third kappa shape index (κ3) is 6.75. The van der Waals surface area contributed by atoms with Crippen LogP contribution in [0.5, 0.6) is 0 Å². The minimum Gasteiger partial charge on any atom is -0.444 e. The largest absolute Gasteiger partial charge is 0.444 e. The Bertz CT molecular complexity index is 652. The van der Waals surface area contributed by atoms with E-state index in [0.29, 0.717) is 12.3 Å². The molecule has 1 amide bonds. The van der Waals surface area contributed by atoms with Gasteiger partial charge in [-0.2, -0.15) is 13.2 Å². The first kappa shape index (κ1) is 21.0. The number of aromatic nitrogens is 1. The molecule has 1 rings (SSSR count). The highest BCUT2D eigenvalue weighted by Crippen LogP contribution is 2.29. The highest BCUT2D eigenvalue weighted by molar-refractivity contribution is 5.67. The van der Waals surface area contributed by atoms with Crippen LogP contribution in [0.25, 0.3) is 0 Å². The highest BCUT2D eigenvalue weighted by Gasteiger charge is 2.33. The molecule has 0 saturated carbocycles. The van der Waals surface area contributed by atoms with E-state index in [4.69, 9.17) is 4.74 Å². The number of carbonyl (C=O) groups excluding carboxylic acids is 1. The molecule has 7 nitrogen and oxygen atoms in total. The number of aromatic amines is 1. The van der Waals surface area contributed by atoms with Gasteiger partial charge in [-0.3, -0.25) is 4.79 Å². The van der Waals surface area contributed by atoms with Crippen LogP contribution < -0.4 is 10.9 Å². The summed E-state index contributed by atoms with van der Waals surface area (Å²) in [6, 6.07) is 0.480. The summed E-state index contributed by atoms with van der Waals surface area (Å²) in [7, 11) is 0. The van der Waals surface area contributed by atoms with Gasteiger partial charge in [0, 0.05) is 18.3 Å². The van der Waals surface area contributed by atoms with Crippen molar-refractivity contribution in [2.75, 3.05) is 6.54 Å². The fraction of sp³-hybridized carbons (Fsp3) is 0.600. The zero-order valence-corrected chi connectivity index (χ0v) is 14.0. The highest BCUT2D eigenvalue weighted by atomic mass is 19.4. The maximum absolute atomic E-state index is 12.7. The molecule has 1 aromatic rings. The number of carbonyl (C=O) groups is 1. The van der Waals surface area contributed by atoms with Crippen LogP contribution in [0, 0.1) is 0 Å². The number of alkyl carbamates (subject to hydrolysis) is 1. The van der Waals surface area contributed by atoms with Crippen molar-refractivity contribution >= 4 is 6.09 Å². The molecule has 0 radical (unpaired) electrons. The van der Waals surface area contributed by atoms with Crippen molar-refractivity contribution < 1.29 is 32.9 Å². The third-order valence-electron chi connectivity index (χ3n) is 3.05. The number of aliphatic hydroxyl groups excluding tert-OH is 2. The molecule has 0 fully saturated rings. The molecule has 1 aromatic heterocycles. The van der Waals surface area contributed by atoms with Crippen molar-refractivity contribution in [3.63, 3.8) is 0 Å². The maximum Gasteiger partial charge on any atom is 0.417 e. The monoisotopic (exact) mass is 366 g/mol. The summed E-state index contributed by atoms with van der Waals surface area (Å²) in [5, 5.41) is 22.1. The first-order valence-electron chi connectivity index (χ1n) is 7.44. The number of ether oxygens (including phenoxy) is 1. The number of nitrogens with one attached hydrogen (secondary N) is 2. The summed E-state index contributed by atoms with van der Waals surface area (Å²) in [5.74, 6) is 0. The second-order valence-electron chi connectivity index (χ2n) is 6.40. The smallest absolute Gasteiger partial charge is 0.417 e. The molecular formula is C15H21F3N2O5. The molecule has 2 atom stereocenters. The standard InChI is InChI=1S/C15H21F3N2O5/c1-14(2,3)25-13(24)19-5-4-10(21)11(22)9-6-8(15(16,17)18)7-20-12(9)23/h6-7,10-11,21-22H,4-5H2,1-3H3,(H,19,24)(H,20,23). The molecule has 0 aliphatic carbocycles. The summed E-state index contributed by atoms with van der Waals surface area (Å²) in [5.41, 5.74) is -3.42. The SMILES string of the molecule is CC(C)(C)OC(=O)NCCC(O)C(O)c1cc(C(F)(F)F)c[nH]c1=O. The Labute approximate surface area is 141 Å². The van der Waals surface area contributed by atoms with Crippen LogP contribution in [-0.2, 0) is 10.9 Å². The predicted octanol–water partition coefficient (Wildman–Crippen LogP) is 1.70. The van der Waals surface area contributed by atoms with Crippen LogP contribution in [-0.4, -0.2) is 39.5 Å². The van der Waals surface area contributed by atoms with Crippen LogP contribution in [0.4, 0.5) is 18.0 Å². The lowest BCUT2D eigenvalue weighted by Gasteiger charge is -2.21. The van der Waals surface area contributed by atoms with Gasteiger partial charge < -0.3 is 25.3 Å². The van der Waals surface area contributed by atoms with E-state index in [1.807, 2.05) is 4.98 Å². The Balaban J connectivity index is 2.69. The maximum atomic E-state index is 12.7. The van der Waals surface area contributed by atoms with Gasteiger partial charge in [-0.15, -0.1) is 0 Å². The average molecular weight is 366 g/mol. The Morgan fingerprint density at radius 1 is 1.32 bits per heavy atom. The minimum atomic E-state index is -4.71. The first-order valence-corrected chi connectivity index (χ1v) is 7.44. The second-order valence-corrected chi connectivity index (χ2v) is 6.40. The van der Waals surface area contributed by atoms with Crippen LogP contribution in [0.2, 0.25) is 0 Å². The van der Waals surface area contributed by atoms with Crippen LogP contribution in [0.3, 0.4) is 0 Å². The Hall–Kier alpha value is -2.07. The summed E-state index contributed by atoms with van der Waals surface area (Å²) < 4.78 is 43.0. The minimum absolute atomic E-state index is 0.107. The van der Waals surface area contributed by atoms with E-state index in [1.165, 1.54) is 0 Å². The van der Waals surface area contributed by atoms with Crippen LogP contribution in [0.1, 0.15) is 44.4 Å². The number of alkyl halides is 3. The van der Waals surface area contributed by atoms with Crippen molar-refractivity contribution in [1.29, 1.82) is 0 Å². The van der Waals surface area contributed by atoms with Crippen molar-refractivity contribution in [2.24, 2.45) is 0 Å². The summed E-state index contributed by atoms with van der Waals surface area (Å²) in [6.07, 6.45) is -8.57. The quantitative estimate of drug-likeness (QED) is 0.634. The molecule has 0 saturated heterocycles. The number of pyridine rings is 1. The number of rotatable bonds is 5. The summed E-state index contributed by atoms with van der Waals surface area (Å²) >= 11 is 0. The molecule has 0 spiro atoms. The van der Waals surface area contributed by atoms with E-state index in [-0.39, 0.29) is 13.0 Å². The van der Waals surface area contributed by atoms with Crippen LogP contribution >= 0.6 is 0 Å². The van der Waals surface area contributed by atoms with E-state index in [1.54, 1.807) is 20.8 Å². The van der Waals surface area contributed by atoms with E-state index >= 15 is 0 Å². The predicted molar refractivity (Wildman–Crippen MR) is 81.9 cm³/mol. The van der Waals surface area contributed by atoms with Gasteiger partial charge >= 0.3 is 12.3 Å². The number of amides is 1. The molecule has 10 heteroatoms. The van der Waals surface area contributed by atoms with Crippen molar-refractivity contribution in [2.45, 2.75) is 51.2 Å². The topological polar surface area (TPSA) is 112 Å². The molecule has 4 N–H and O–H groups in total.